The van der Waals surface area contributed by atoms with Crippen LogP contribution in [0.2, 0.25) is 0 Å². The number of methoxy groups -OCH3 is 1. The lowest BCUT2D eigenvalue weighted by molar-refractivity contribution is -0.228. The molecule has 7 nitrogen and oxygen atoms in total. The highest BCUT2D eigenvalue weighted by Gasteiger charge is 2.55. The molecule has 0 spiro atoms. The van der Waals surface area contributed by atoms with Crippen molar-refractivity contribution >= 4 is 5.91 Å². The number of nitrogens with zero attached hydrogens (tertiary/aromatic N) is 1. The molecule has 2 saturated heterocycles. The molecule has 0 bridgehead atoms. The van der Waals surface area contributed by atoms with Crippen LogP contribution >= 0.6 is 0 Å². The molecule has 0 aliphatic carbocycles. The Morgan fingerprint density at radius 2 is 2.00 bits per heavy atom. The third kappa shape index (κ3) is 5.07. The molecule has 2 aliphatic heterocycles. The maximum atomic E-state index is 12.1. The first-order chi connectivity index (χ1) is 12.1. The summed E-state index contributed by atoms with van der Waals surface area (Å²) in [6.45, 7) is 3.40. The number of amides is 1. The van der Waals surface area contributed by atoms with Gasteiger partial charge in [0, 0.05) is 19.6 Å². The summed E-state index contributed by atoms with van der Waals surface area (Å²) in [7, 11) is 1.49. The molecule has 0 aromatic carbocycles. The van der Waals surface area contributed by atoms with Crippen LogP contribution < -0.4 is 5.32 Å². The minimum absolute atomic E-state index is 0.151. The Kier molecular flexibility index (Phi) is 6.50. The summed E-state index contributed by atoms with van der Waals surface area (Å²) in [6, 6.07) is 2.13. The molecule has 1 amide bonds. The smallest absolute Gasteiger partial charge is 0.353 e. The molecule has 148 valence electrons. The van der Waals surface area contributed by atoms with Gasteiger partial charge in [-0.1, -0.05) is 0 Å². The molecule has 10 heteroatoms. The fraction of sp³-hybridized carbons (Fsp3) is 0.875. The Hall–Kier alpha value is -1.41. The van der Waals surface area contributed by atoms with Gasteiger partial charge in [0.25, 0.3) is 0 Å². The quantitative estimate of drug-likeness (QED) is 0.678. The molecule has 26 heavy (non-hydrogen) atoms. The number of ether oxygens (including phenoxy) is 4. The van der Waals surface area contributed by atoms with E-state index in [0.717, 1.165) is 0 Å². The van der Waals surface area contributed by atoms with Crippen LogP contribution in [0.4, 0.5) is 13.2 Å². The first-order valence-electron chi connectivity index (χ1n) is 8.36. The zero-order chi connectivity index (χ0) is 19.5. The highest BCUT2D eigenvalue weighted by molar-refractivity contribution is 5.81. The Balaban J connectivity index is 1.82. The minimum Gasteiger partial charge on any atom is -0.353 e. The number of alkyl halides is 3. The molecule has 2 aliphatic rings. The largest absolute Gasteiger partial charge is 0.471 e. The number of rotatable bonds is 7. The number of halogens is 3. The van der Waals surface area contributed by atoms with Crippen molar-refractivity contribution in [1.29, 1.82) is 5.26 Å². The van der Waals surface area contributed by atoms with Gasteiger partial charge in [0.1, 0.15) is 12.2 Å². The Morgan fingerprint density at radius 3 is 2.58 bits per heavy atom. The van der Waals surface area contributed by atoms with Gasteiger partial charge in [-0.3, -0.25) is 4.79 Å². The van der Waals surface area contributed by atoms with Crippen LogP contribution in [0.3, 0.4) is 0 Å². The highest BCUT2D eigenvalue weighted by atomic mass is 19.4. The van der Waals surface area contributed by atoms with Gasteiger partial charge in [0.15, 0.2) is 12.1 Å². The molecule has 1 unspecified atom stereocenters. The Bertz CT molecular complexity index is 549. The van der Waals surface area contributed by atoms with Gasteiger partial charge in [-0.05, 0) is 33.1 Å². The molecule has 1 N–H and O–H groups in total. The maximum absolute atomic E-state index is 12.1. The highest BCUT2D eigenvalue weighted by Crippen LogP contribution is 2.40. The third-order valence-electron chi connectivity index (χ3n) is 4.31. The zero-order valence-corrected chi connectivity index (χ0v) is 14.8. The number of nitriles is 1. The van der Waals surface area contributed by atoms with Crippen molar-refractivity contribution in [2.75, 3.05) is 13.7 Å². The Morgan fingerprint density at radius 1 is 1.35 bits per heavy atom. The molecule has 2 heterocycles. The summed E-state index contributed by atoms with van der Waals surface area (Å²) < 4.78 is 58.9. The van der Waals surface area contributed by atoms with E-state index >= 15 is 0 Å². The second kappa shape index (κ2) is 8.08. The van der Waals surface area contributed by atoms with Crippen molar-refractivity contribution in [3.8, 4) is 6.07 Å². The molecule has 0 radical (unpaired) electrons. The molecular formula is C16H23F3N2O5. The average Bonchev–Trinajstić information content (AvgIpc) is 3.02. The number of nitrogens with one attached hydrogen (secondary N) is 1. The molecule has 2 rings (SSSR count). The van der Waals surface area contributed by atoms with E-state index in [1.54, 1.807) is 19.2 Å². The monoisotopic (exact) mass is 380 g/mol. The van der Waals surface area contributed by atoms with E-state index in [9.17, 15) is 23.2 Å². The van der Waals surface area contributed by atoms with Crippen molar-refractivity contribution in [1.82, 2.24) is 5.32 Å². The van der Waals surface area contributed by atoms with Crippen molar-refractivity contribution in [2.24, 2.45) is 5.92 Å². The second-order valence-electron chi connectivity index (χ2n) is 6.80. The van der Waals surface area contributed by atoms with Gasteiger partial charge in [0.05, 0.1) is 12.2 Å². The molecule has 0 saturated carbocycles. The predicted octanol–water partition coefficient (Wildman–Crippen LogP) is 1.87. The standard InChI is InChI=1S/C16H23F3N2O5/c1-15(2)25-11-10(24-13(23-3)12(11)26-15)7-9(8-20)5-4-6-21-14(22)16(17,18)19/h9-13H,4-7H2,1-3H3,(H,21,22)/t9?,10-,11-,12-,13-/m1/s1. The van der Waals surface area contributed by atoms with Gasteiger partial charge < -0.3 is 24.3 Å². The van der Waals surface area contributed by atoms with Crippen LogP contribution in [0.25, 0.3) is 0 Å². The van der Waals surface area contributed by atoms with Crippen molar-refractivity contribution in [3.63, 3.8) is 0 Å². The number of hydrogen-bond donors (Lipinski definition) is 1. The summed E-state index contributed by atoms with van der Waals surface area (Å²) in [5, 5.41) is 11.1. The van der Waals surface area contributed by atoms with Crippen molar-refractivity contribution in [2.45, 2.75) is 69.7 Å². The van der Waals surface area contributed by atoms with E-state index in [2.05, 4.69) is 6.07 Å². The summed E-state index contributed by atoms with van der Waals surface area (Å²) in [5.74, 6) is -3.21. The number of carbonyl (C=O) groups is 1. The van der Waals surface area contributed by atoms with Crippen molar-refractivity contribution in [3.05, 3.63) is 0 Å². The summed E-state index contributed by atoms with van der Waals surface area (Å²) in [5.41, 5.74) is 0. The number of carbonyl (C=O) groups excluding carboxylic acids is 1. The first kappa shape index (κ1) is 20.9. The van der Waals surface area contributed by atoms with Crippen molar-refractivity contribution < 1.29 is 36.9 Å². The normalized spacial score (nSPS) is 31.3. The number of hydrogen-bond acceptors (Lipinski definition) is 6. The van der Waals surface area contributed by atoms with Gasteiger partial charge in [-0.2, -0.15) is 18.4 Å². The second-order valence-corrected chi connectivity index (χ2v) is 6.80. The summed E-state index contributed by atoms with van der Waals surface area (Å²) in [6.07, 6.45) is -5.78. The lowest BCUT2D eigenvalue weighted by Crippen LogP contribution is -2.37. The SMILES string of the molecule is CO[C@@H]1O[C@H](CC(C#N)CCCNC(=O)C(F)(F)F)[C@H]2OC(C)(C)O[C@@H]12. The van der Waals surface area contributed by atoms with E-state index in [4.69, 9.17) is 18.9 Å². The van der Waals surface area contributed by atoms with Crippen LogP contribution in [0.5, 0.6) is 0 Å². The Labute approximate surface area is 149 Å². The summed E-state index contributed by atoms with van der Waals surface area (Å²) in [4.78, 5) is 10.7. The lowest BCUT2D eigenvalue weighted by atomic mass is 9.95. The topological polar surface area (TPSA) is 89.8 Å². The lowest BCUT2D eigenvalue weighted by Gasteiger charge is -2.24. The van der Waals surface area contributed by atoms with E-state index in [1.807, 2.05) is 0 Å². The van der Waals surface area contributed by atoms with Crippen LogP contribution in [-0.2, 0) is 23.7 Å². The fourth-order valence-corrected chi connectivity index (χ4v) is 3.19. The van der Waals surface area contributed by atoms with E-state index in [1.165, 1.54) is 7.11 Å². The van der Waals surface area contributed by atoms with Crippen LogP contribution in [0, 0.1) is 17.2 Å². The summed E-state index contributed by atoms with van der Waals surface area (Å²) >= 11 is 0. The molecule has 0 aromatic rings. The predicted molar refractivity (Wildman–Crippen MR) is 81.5 cm³/mol. The van der Waals surface area contributed by atoms with Gasteiger partial charge in [-0.15, -0.1) is 0 Å². The van der Waals surface area contributed by atoms with Gasteiger partial charge >= 0.3 is 12.1 Å². The average molecular weight is 380 g/mol. The fourth-order valence-electron chi connectivity index (χ4n) is 3.19. The number of fused-ring (bicyclic) bond motifs is 1. The molecule has 2 fully saturated rings. The maximum Gasteiger partial charge on any atom is 0.471 e. The third-order valence-corrected chi connectivity index (χ3v) is 4.31. The molecule has 5 atom stereocenters. The molecule has 0 aromatic heterocycles. The van der Waals surface area contributed by atoms with E-state index in [-0.39, 0.29) is 19.1 Å². The van der Waals surface area contributed by atoms with Crippen LogP contribution in [0.15, 0.2) is 0 Å². The van der Waals surface area contributed by atoms with Gasteiger partial charge in [-0.25, -0.2) is 0 Å². The van der Waals surface area contributed by atoms with Gasteiger partial charge in [0.2, 0.25) is 0 Å². The van der Waals surface area contributed by atoms with E-state index in [0.29, 0.717) is 12.8 Å². The van der Waals surface area contributed by atoms with E-state index < -0.39 is 42.3 Å². The molecular weight excluding hydrogens is 357 g/mol. The first-order valence-corrected chi connectivity index (χ1v) is 8.36. The minimum atomic E-state index is -4.90. The van der Waals surface area contributed by atoms with Crippen LogP contribution in [0.1, 0.15) is 33.1 Å². The van der Waals surface area contributed by atoms with Crippen LogP contribution in [-0.4, -0.2) is 56.1 Å². The zero-order valence-electron chi connectivity index (χ0n) is 14.8.